The molecule has 2 aliphatic heterocycles. The molecule has 0 saturated carbocycles. The highest BCUT2D eigenvalue weighted by Crippen LogP contribution is 2.39. The Bertz CT molecular complexity index is 1040. The number of carbonyl (C=O) groups excluding carboxylic acids is 1. The summed E-state index contributed by atoms with van der Waals surface area (Å²) in [6, 6.07) is 11.0. The first kappa shape index (κ1) is 21.1. The Labute approximate surface area is 185 Å². The lowest BCUT2D eigenvalue weighted by atomic mass is 9.85. The van der Waals surface area contributed by atoms with E-state index in [-0.39, 0.29) is 30.0 Å². The number of nitrogens with zero attached hydrogens (tertiary/aromatic N) is 3. The third kappa shape index (κ3) is 4.07. The summed E-state index contributed by atoms with van der Waals surface area (Å²) in [4.78, 5) is 18.7. The van der Waals surface area contributed by atoms with Crippen LogP contribution in [-0.2, 0) is 15.1 Å². The molecular weight excluding hydrogens is 416 g/mol. The molecule has 1 aromatic carbocycles. The lowest BCUT2D eigenvalue weighted by molar-refractivity contribution is -0.133. The summed E-state index contributed by atoms with van der Waals surface area (Å²) in [6.45, 7) is 3.06. The van der Waals surface area contributed by atoms with Crippen LogP contribution in [0.15, 0.2) is 36.5 Å². The topological polar surface area (TPSA) is 114 Å². The molecular formula is C22H23ClN6O2. The van der Waals surface area contributed by atoms with Gasteiger partial charge in [0.15, 0.2) is 11.7 Å². The quantitative estimate of drug-likeness (QED) is 0.673. The maximum Gasteiger partial charge on any atom is 0.232 e. The maximum atomic E-state index is 13.1. The Hall–Kier alpha value is -3.15. The molecule has 0 bridgehead atoms. The number of rotatable bonds is 4. The number of hydrogen-bond acceptors (Lipinski definition) is 6. The number of nitrogens with one attached hydrogen (secondary N) is 3. The zero-order valence-corrected chi connectivity index (χ0v) is 17.9. The van der Waals surface area contributed by atoms with Gasteiger partial charge in [-0.1, -0.05) is 23.7 Å². The summed E-state index contributed by atoms with van der Waals surface area (Å²) >= 11 is 6.74. The predicted molar refractivity (Wildman–Crippen MR) is 117 cm³/mol. The van der Waals surface area contributed by atoms with Crippen molar-refractivity contribution in [2.45, 2.75) is 37.8 Å². The maximum absolute atomic E-state index is 13.1. The van der Waals surface area contributed by atoms with Gasteiger partial charge >= 0.3 is 0 Å². The number of carbonyl (C=O) groups is 1. The smallest absolute Gasteiger partial charge is 0.232 e. The molecule has 31 heavy (non-hydrogen) atoms. The molecule has 1 aromatic heterocycles. The van der Waals surface area contributed by atoms with Gasteiger partial charge in [0.25, 0.3) is 0 Å². The van der Waals surface area contributed by atoms with Gasteiger partial charge < -0.3 is 15.4 Å². The number of ether oxygens (including phenoxy) is 1. The molecule has 1 atom stereocenters. The van der Waals surface area contributed by atoms with Crippen LogP contribution in [-0.4, -0.2) is 41.0 Å². The highest BCUT2D eigenvalue weighted by molar-refractivity contribution is 6.34. The van der Waals surface area contributed by atoms with Gasteiger partial charge in [0.2, 0.25) is 5.91 Å². The molecule has 2 aliphatic rings. The van der Waals surface area contributed by atoms with Crippen LogP contribution in [0, 0.1) is 16.7 Å². The predicted octanol–water partition coefficient (Wildman–Crippen LogP) is 3.50. The standard InChI is InChI=1S/C22H23ClN6O2/c1-22(12-19(30)29(21(25)28-22)14-7-10-31-11-8-14)15-4-2-5-17(20(15)23)27-16-6-3-9-26-18(16)13-24/h2-6,9,14,27H,7-8,10-12H2,1H3,(H2,25,28)/t22-/m0/s1. The molecule has 2 saturated heterocycles. The first-order chi connectivity index (χ1) is 14.9. The van der Waals surface area contributed by atoms with Crippen molar-refractivity contribution >= 4 is 34.8 Å². The van der Waals surface area contributed by atoms with E-state index in [0.29, 0.717) is 35.2 Å². The molecule has 4 rings (SSSR count). The first-order valence-corrected chi connectivity index (χ1v) is 10.5. The van der Waals surface area contributed by atoms with Gasteiger partial charge in [-0.15, -0.1) is 0 Å². The molecule has 160 valence electrons. The second-order valence-corrected chi connectivity index (χ2v) is 8.27. The van der Waals surface area contributed by atoms with Crippen molar-refractivity contribution in [2.75, 3.05) is 18.5 Å². The van der Waals surface area contributed by atoms with E-state index in [1.807, 2.05) is 19.1 Å². The van der Waals surface area contributed by atoms with E-state index in [1.165, 1.54) is 0 Å². The molecule has 2 aromatic rings. The van der Waals surface area contributed by atoms with Crippen molar-refractivity contribution in [3.8, 4) is 6.07 Å². The average Bonchev–Trinajstić information content (AvgIpc) is 2.75. The highest BCUT2D eigenvalue weighted by Gasteiger charge is 2.43. The minimum atomic E-state index is -0.836. The Morgan fingerprint density at radius 3 is 2.77 bits per heavy atom. The summed E-state index contributed by atoms with van der Waals surface area (Å²) < 4.78 is 5.39. The fourth-order valence-electron chi connectivity index (χ4n) is 4.17. The zero-order valence-electron chi connectivity index (χ0n) is 17.1. The van der Waals surface area contributed by atoms with Crippen molar-refractivity contribution < 1.29 is 9.53 Å². The van der Waals surface area contributed by atoms with E-state index in [0.717, 1.165) is 12.8 Å². The minimum absolute atomic E-state index is 0.0238. The summed E-state index contributed by atoms with van der Waals surface area (Å²) in [5, 5.41) is 24.6. The molecule has 0 spiro atoms. The molecule has 0 unspecified atom stereocenters. The highest BCUT2D eigenvalue weighted by atomic mass is 35.5. The van der Waals surface area contributed by atoms with E-state index in [2.05, 4.69) is 21.7 Å². The van der Waals surface area contributed by atoms with Crippen molar-refractivity contribution in [1.29, 1.82) is 10.7 Å². The van der Waals surface area contributed by atoms with Crippen LogP contribution in [0.4, 0.5) is 11.4 Å². The number of anilines is 2. The molecule has 1 amide bonds. The molecule has 2 fully saturated rings. The third-order valence-corrected chi connectivity index (χ3v) is 6.15. The molecule has 0 aliphatic carbocycles. The summed E-state index contributed by atoms with van der Waals surface area (Å²) in [6.07, 6.45) is 3.17. The van der Waals surface area contributed by atoms with Crippen LogP contribution in [0.1, 0.15) is 37.4 Å². The second kappa shape index (κ2) is 8.53. The zero-order chi connectivity index (χ0) is 22.0. The minimum Gasteiger partial charge on any atom is -0.381 e. The molecule has 9 heteroatoms. The van der Waals surface area contributed by atoms with Gasteiger partial charge in [-0.3, -0.25) is 15.1 Å². The molecule has 3 N–H and O–H groups in total. The van der Waals surface area contributed by atoms with E-state index in [9.17, 15) is 10.1 Å². The van der Waals surface area contributed by atoms with Crippen LogP contribution >= 0.6 is 11.6 Å². The number of hydrogen-bond donors (Lipinski definition) is 3. The number of amides is 1. The molecule has 3 heterocycles. The summed E-state index contributed by atoms with van der Waals surface area (Å²) in [7, 11) is 0. The Balaban J connectivity index is 1.61. The van der Waals surface area contributed by atoms with Gasteiger partial charge in [0.05, 0.1) is 28.4 Å². The lowest BCUT2D eigenvalue weighted by Gasteiger charge is -2.45. The van der Waals surface area contributed by atoms with Crippen LogP contribution < -0.4 is 10.6 Å². The Kier molecular flexibility index (Phi) is 5.81. The van der Waals surface area contributed by atoms with Crippen molar-refractivity contribution in [2.24, 2.45) is 0 Å². The van der Waals surface area contributed by atoms with Gasteiger partial charge in [-0.05, 0) is 43.5 Å². The SMILES string of the molecule is C[C@@]1(c2cccc(Nc3cccnc3C#N)c2Cl)CC(=O)N(C2CCOCC2)C(=N)N1. The number of halogens is 1. The van der Waals surface area contributed by atoms with Crippen LogP contribution in [0.5, 0.6) is 0 Å². The summed E-state index contributed by atoms with van der Waals surface area (Å²) in [5.74, 6) is -0.0225. The fourth-order valence-corrected chi connectivity index (χ4v) is 4.55. The van der Waals surface area contributed by atoms with E-state index >= 15 is 0 Å². The number of guanidine groups is 1. The van der Waals surface area contributed by atoms with E-state index < -0.39 is 5.54 Å². The number of benzene rings is 1. The van der Waals surface area contributed by atoms with Gasteiger partial charge in [0.1, 0.15) is 6.07 Å². The average molecular weight is 439 g/mol. The van der Waals surface area contributed by atoms with Crippen LogP contribution in [0.3, 0.4) is 0 Å². The fraction of sp³-hybridized carbons (Fsp3) is 0.364. The molecule has 0 radical (unpaired) electrons. The van der Waals surface area contributed by atoms with Crippen molar-refractivity contribution in [1.82, 2.24) is 15.2 Å². The second-order valence-electron chi connectivity index (χ2n) is 7.89. The van der Waals surface area contributed by atoms with E-state index in [4.69, 9.17) is 21.7 Å². The van der Waals surface area contributed by atoms with Crippen LogP contribution in [0.25, 0.3) is 0 Å². The third-order valence-electron chi connectivity index (χ3n) is 5.74. The largest absolute Gasteiger partial charge is 0.381 e. The monoisotopic (exact) mass is 438 g/mol. The van der Waals surface area contributed by atoms with Gasteiger partial charge in [-0.2, -0.15) is 5.26 Å². The number of nitriles is 1. The first-order valence-electron chi connectivity index (χ1n) is 10.1. The number of pyridine rings is 1. The lowest BCUT2D eigenvalue weighted by Crippen LogP contribution is -2.62. The number of aromatic nitrogens is 1. The summed E-state index contributed by atoms with van der Waals surface area (Å²) in [5.41, 5.74) is 1.26. The van der Waals surface area contributed by atoms with E-state index in [1.54, 1.807) is 29.3 Å². The van der Waals surface area contributed by atoms with Gasteiger partial charge in [-0.25, -0.2) is 4.98 Å². The van der Waals surface area contributed by atoms with Crippen molar-refractivity contribution in [3.63, 3.8) is 0 Å². The normalized spacial score (nSPS) is 22.0. The van der Waals surface area contributed by atoms with Crippen molar-refractivity contribution in [3.05, 3.63) is 52.8 Å². The Morgan fingerprint density at radius 1 is 1.32 bits per heavy atom. The van der Waals surface area contributed by atoms with Gasteiger partial charge in [0, 0.05) is 25.5 Å². The molecule has 8 nitrogen and oxygen atoms in total. The Morgan fingerprint density at radius 2 is 2.06 bits per heavy atom. The van der Waals surface area contributed by atoms with Crippen LogP contribution in [0.2, 0.25) is 5.02 Å².